The fourth-order valence-corrected chi connectivity index (χ4v) is 2.67. The molecule has 0 spiro atoms. The molecule has 0 fully saturated rings. The van der Waals surface area contributed by atoms with Crippen molar-refractivity contribution in [2.45, 2.75) is 13.0 Å². The summed E-state index contributed by atoms with van der Waals surface area (Å²) in [5, 5.41) is 10.4. The van der Waals surface area contributed by atoms with E-state index in [2.05, 4.69) is 31.9 Å². The van der Waals surface area contributed by atoms with E-state index in [9.17, 15) is 9.50 Å². The second kappa shape index (κ2) is 6.70. The van der Waals surface area contributed by atoms with E-state index in [4.69, 9.17) is 4.74 Å². The molecule has 0 amide bonds. The third kappa shape index (κ3) is 3.40. The van der Waals surface area contributed by atoms with Crippen molar-refractivity contribution < 1.29 is 14.2 Å². The lowest BCUT2D eigenvalue weighted by atomic mass is 10.0. The Morgan fingerprint density at radius 1 is 1.15 bits per heavy atom. The van der Waals surface area contributed by atoms with E-state index in [1.807, 2.05) is 6.92 Å². The minimum absolute atomic E-state index is 0.374. The van der Waals surface area contributed by atoms with Gasteiger partial charge in [-0.25, -0.2) is 4.39 Å². The van der Waals surface area contributed by atoms with Crippen molar-refractivity contribution in [2.24, 2.45) is 0 Å². The molecular formula is C15H13Br2FO2. The lowest BCUT2D eigenvalue weighted by molar-refractivity contribution is 0.219. The second-order valence-corrected chi connectivity index (χ2v) is 5.90. The van der Waals surface area contributed by atoms with Gasteiger partial charge in [0.25, 0.3) is 0 Å². The lowest BCUT2D eigenvalue weighted by Gasteiger charge is -2.15. The smallest absolute Gasteiger partial charge is 0.137 e. The molecule has 20 heavy (non-hydrogen) atoms. The maximum absolute atomic E-state index is 13.5. The molecule has 2 rings (SSSR count). The lowest BCUT2D eigenvalue weighted by Crippen LogP contribution is -2.02. The van der Waals surface area contributed by atoms with Gasteiger partial charge < -0.3 is 9.84 Å². The summed E-state index contributed by atoms with van der Waals surface area (Å²) in [5.41, 5.74) is 1.16. The van der Waals surface area contributed by atoms with Crippen LogP contribution in [0.1, 0.15) is 24.2 Å². The molecule has 2 nitrogen and oxygen atoms in total. The minimum atomic E-state index is -0.900. The van der Waals surface area contributed by atoms with Gasteiger partial charge in [0.2, 0.25) is 0 Å². The van der Waals surface area contributed by atoms with Gasteiger partial charge in [-0.1, -0.05) is 28.1 Å². The first-order valence-corrected chi connectivity index (χ1v) is 7.66. The first kappa shape index (κ1) is 15.5. The number of rotatable bonds is 4. The van der Waals surface area contributed by atoms with Crippen molar-refractivity contribution >= 4 is 31.9 Å². The molecule has 2 aromatic rings. The van der Waals surface area contributed by atoms with Gasteiger partial charge in [-0.2, -0.15) is 0 Å². The summed E-state index contributed by atoms with van der Waals surface area (Å²) >= 11 is 6.50. The number of aliphatic hydroxyl groups excluding tert-OH is 1. The van der Waals surface area contributed by atoms with E-state index in [1.54, 1.807) is 30.3 Å². The molecule has 0 aliphatic carbocycles. The van der Waals surface area contributed by atoms with Crippen molar-refractivity contribution in [3.05, 3.63) is 62.3 Å². The quantitative estimate of drug-likeness (QED) is 0.791. The minimum Gasteiger partial charge on any atom is -0.494 e. The van der Waals surface area contributed by atoms with Crippen LogP contribution in [0.15, 0.2) is 45.3 Å². The highest BCUT2D eigenvalue weighted by atomic mass is 79.9. The van der Waals surface area contributed by atoms with Crippen LogP contribution < -0.4 is 4.74 Å². The van der Waals surface area contributed by atoms with Gasteiger partial charge in [-0.15, -0.1) is 0 Å². The summed E-state index contributed by atoms with van der Waals surface area (Å²) in [4.78, 5) is 0. The number of hydrogen-bond donors (Lipinski definition) is 1. The molecule has 1 atom stereocenters. The largest absolute Gasteiger partial charge is 0.494 e. The highest BCUT2D eigenvalue weighted by molar-refractivity contribution is 9.10. The van der Waals surface area contributed by atoms with Crippen LogP contribution in [0.5, 0.6) is 5.75 Å². The van der Waals surface area contributed by atoms with E-state index < -0.39 is 11.9 Å². The highest BCUT2D eigenvalue weighted by Crippen LogP contribution is 2.32. The van der Waals surface area contributed by atoms with Crippen molar-refractivity contribution in [1.82, 2.24) is 0 Å². The van der Waals surface area contributed by atoms with Gasteiger partial charge in [0.05, 0.1) is 11.1 Å². The maximum atomic E-state index is 13.5. The normalized spacial score (nSPS) is 12.2. The molecule has 1 unspecified atom stereocenters. The third-order valence-corrected chi connectivity index (χ3v) is 4.17. The number of ether oxygens (including phenoxy) is 1. The molecule has 1 N–H and O–H groups in total. The van der Waals surface area contributed by atoms with E-state index in [-0.39, 0.29) is 0 Å². The third-order valence-electron chi connectivity index (χ3n) is 2.84. The summed E-state index contributed by atoms with van der Waals surface area (Å²) in [6.45, 7) is 2.48. The van der Waals surface area contributed by atoms with E-state index in [0.29, 0.717) is 22.2 Å². The van der Waals surface area contributed by atoms with Crippen LogP contribution in [-0.4, -0.2) is 11.7 Å². The zero-order chi connectivity index (χ0) is 14.7. The summed E-state index contributed by atoms with van der Waals surface area (Å²) in [7, 11) is 0. The Bertz CT molecular complexity index is 617. The van der Waals surface area contributed by atoms with Crippen molar-refractivity contribution in [2.75, 3.05) is 6.61 Å². The van der Waals surface area contributed by atoms with Gasteiger partial charge in [-0.05, 0) is 58.2 Å². The van der Waals surface area contributed by atoms with Crippen LogP contribution in [0.4, 0.5) is 4.39 Å². The van der Waals surface area contributed by atoms with E-state index >= 15 is 0 Å². The summed E-state index contributed by atoms with van der Waals surface area (Å²) < 4.78 is 20.0. The van der Waals surface area contributed by atoms with Crippen molar-refractivity contribution in [3.8, 4) is 5.75 Å². The highest BCUT2D eigenvalue weighted by Gasteiger charge is 2.15. The first-order valence-electron chi connectivity index (χ1n) is 6.08. The number of benzene rings is 2. The molecule has 0 radical (unpaired) electrons. The topological polar surface area (TPSA) is 29.5 Å². The summed E-state index contributed by atoms with van der Waals surface area (Å²) in [6, 6.07) is 9.91. The van der Waals surface area contributed by atoms with E-state index in [1.165, 1.54) is 6.07 Å². The zero-order valence-electron chi connectivity index (χ0n) is 10.7. The molecule has 2 aromatic carbocycles. The second-order valence-electron chi connectivity index (χ2n) is 4.19. The van der Waals surface area contributed by atoms with Crippen LogP contribution >= 0.6 is 31.9 Å². The average Bonchev–Trinajstić information content (AvgIpc) is 2.42. The van der Waals surface area contributed by atoms with Crippen LogP contribution in [-0.2, 0) is 0 Å². The summed E-state index contributed by atoms with van der Waals surface area (Å²) in [5.74, 6) is 0.320. The Balaban J connectivity index is 2.32. The van der Waals surface area contributed by atoms with Crippen LogP contribution in [0, 0.1) is 5.82 Å². The molecule has 0 bridgehead atoms. The molecule has 0 aromatic heterocycles. The monoisotopic (exact) mass is 402 g/mol. The van der Waals surface area contributed by atoms with Crippen LogP contribution in [0.2, 0.25) is 0 Å². The summed E-state index contributed by atoms with van der Waals surface area (Å²) in [6.07, 6.45) is -0.900. The standard InChI is InChI=1S/C15H13Br2FO2/c1-2-20-10-4-5-11(13(17)8-10)15(19)9-3-6-12(16)14(18)7-9/h3-8,15,19H,2H2,1H3. The fraction of sp³-hybridized carbons (Fsp3) is 0.200. The van der Waals surface area contributed by atoms with Gasteiger partial charge in [0.15, 0.2) is 0 Å². The maximum Gasteiger partial charge on any atom is 0.137 e. The van der Waals surface area contributed by atoms with Gasteiger partial charge in [-0.3, -0.25) is 0 Å². The number of halogens is 3. The van der Waals surface area contributed by atoms with Crippen LogP contribution in [0.25, 0.3) is 0 Å². The van der Waals surface area contributed by atoms with Gasteiger partial charge >= 0.3 is 0 Å². The molecule has 5 heteroatoms. The Morgan fingerprint density at radius 2 is 1.90 bits per heavy atom. The first-order chi connectivity index (χ1) is 9.52. The van der Waals surface area contributed by atoms with E-state index in [0.717, 1.165) is 10.2 Å². The molecule has 0 aliphatic rings. The number of hydrogen-bond acceptors (Lipinski definition) is 2. The molecule has 106 valence electrons. The molecule has 0 aliphatic heterocycles. The molecule has 0 heterocycles. The SMILES string of the molecule is CCOc1ccc(C(O)c2ccc(Br)c(F)c2)c(Br)c1. The number of aliphatic hydroxyl groups is 1. The predicted molar refractivity (Wildman–Crippen MR) is 83.5 cm³/mol. The van der Waals surface area contributed by atoms with Crippen molar-refractivity contribution in [3.63, 3.8) is 0 Å². The van der Waals surface area contributed by atoms with Gasteiger partial charge in [0.1, 0.15) is 17.7 Å². The molecular weight excluding hydrogens is 391 g/mol. The fourth-order valence-electron chi connectivity index (χ4n) is 1.85. The Labute approximate surface area is 133 Å². The molecule has 0 saturated heterocycles. The van der Waals surface area contributed by atoms with Crippen LogP contribution in [0.3, 0.4) is 0 Å². The Morgan fingerprint density at radius 3 is 2.50 bits per heavy atom. The Kier molecular flexibility index (Phi) is 5.18. The molecule has 0 saturated carbocycles. The predicted octanol–water partition coefficient (Wildman–Crippen LogP) is 4.83. The Hall–Kier alpha value is -0.910. The average molecular weight is 404 g/mol. The van der Waals surface area contributed by atoms with Crippen molar-refractivity contribution in [1.29, 1.82) is 0 Å². The van der Waals surface area contributed by atoms with Gasteiger partial charge in [0, 0.05) is 4.47 Å². The zero-order valence-corrected chi connectivity index (χ0v) is 13.9.